The van der Waals surface area contributed by atoms with E-state index in [1.807, 2.05) is 0 Å². The van der Waals surface area contributed by atoms with Gasteiger partial charge in [0.25, 0.3) is 5.91 Å². The van der Waals surface area contributed by atoms with Crippen molar-refractivity contribution in [2.24, 2.45) is 0 Å². The Morgan fingerprint density at radius 1 is 1.55 bits per heavy atom. The van der Waals surface area contributed by atoms with Crippen LogP contribution in [0.4, 0.5) is 4.39 Å². The zero-order valence-electron chi connectivity index (χ0n) is 10.9. The smallest absolute Gasteiger partial charge is 0.250 e. The van der Waals surface area contributed by atoms with Crippen LogP contribution in [0.5, 0.6) is 5.75 Å². The number of halogens is 2. The zero-order valence-corrected chi connectivity index (χ0v) is 11.7. The van der Waals surface area contributed by atoms with Gasteiger partial charge in [0.05, 0.1) is 13.2 Å². The summed E-state index contributed by atoms with van der Waals surface area (Å²) in [6, 6.07) is 5.89. The van der Waals surface area contributed by atoms with Crippen molar-refractivity contribution in [3.63, 3.8) is 0 Å². The van der Waals surface area contributed by atoms with Crippen LogP contribution in [0.15, 0.2) is 24.3 Å². The summed E-state index contributed by atoms with van der Waals surface area (Å²) in [7, 11) is 0. The monoisotopic (exact) mass is 304 g/mol. The number of hydrogen-bond donors (Lipinski definition) is 2. The van der Waals surface area contributed by atoms with Crippen molar-refractivity contribution in [2.75, 3.05) is 32.8 Å². The number of nitrogens with one attached hydrogen (secondary N) is 2. The lowest BCUT2D eigenvalue weighted by Gasteiger charge is -2.22. The molecule has 0 radical (unpaired) electrons. The fourth-order valence-corrected chi connectivity index (χ4v) is 1.75. The predicted octanol–water partition coefficient (Wildman–Crippen LogP) is 0.731. The average Bonchev–Trinajstić information content (AvgIpc) is 2.44. The second-order valence-electron chi connectivity index (χ2n) is 4.16. The molecule has 1 aromatic rings. The summed E-state index contributed by atoms with van der Waals surface area (Å²) in [5.41, 5.74) is 0. The molecule has 1 saturated heterocycles. The molecular weight excluding hydrogens is 287 g/mol. The maximum absolute atomic E-state index is 12.9. The van der Waals surface area contributed by atoms with Crippen molar-refractivity contribution >= 4 is 18.3 Å². The molecule has 1 fully saturated rings. The van der Waals surface area contributed by atoms with Crippen molar-refractivity contribution in [3.05, 3.63) is 30.1 Å². The Morgan fingerprint density at radius 2 is 2.40 bits per heavy atom. The van der Waals surface area contributed by atoms with Gasteiger partial charge in [-0.2, -0.15) is 0 Å². The van der Waals surface area contributed by atoms with Crippen LogP contribution in [0, 0.1) is 5.82 Å². The highest BCUT2D eigenvalue weighted by atomic mass is 35.5. The second-order valence-corrected chi connectivity index (χ2v) is 4.16. The van der Waals surface area contributed by atoms with Gasteiger partial charge in [-0.3, -0.25) is 4.79 Å². The van der Waals surface area contributed by atoms with E-state index in [1.54, 1.807) is 12.1 Å². The van der Waals surface area contributed by atoms with Gasteiger partial charge in [0, 0.05) is 19.2 Å². The maximum Gasteiger partial charge on any atom is 0.250 e. The third-order valence-electron chi connectivity index (χ3n) is 2.69. The van der Waals surface area contributed by atoms with Gasteiger partial charge < -0.3 is 20.1 Å². The minimum absolute atomic E-state index is 0. The van der Waals surface area contributed by atoms with Crippen LogP contribution in [-0.2, 0) is 9.53 Å². The van der Waals surface area contributed by atoms with Gasteiger partial charge >= 0.3 is 0 Å². The normalized spacial score (nSPS) is 17.9. The number of hydrogen-bond acceptors (Lipinski definition) is 4. The van der Waals surface area contributed by atoms with E-state index in [0.717, 1.165) is 6.54 Å². The first-order valence-electron chi connectivity index (χ1n) is 6.24. The van der Waals surface area contributed by atoms with Crippen molar-refractivity contribution in [3.8, 4) is 5.75 Å². The van der Waals surface area contributed by atoms with E-state index in [2.05, 4.69) is 10.6 Å². The SMILES string of the molecule is Cl.O=C(NCCOc1cccc(F)c1)C1CNCCO1. The average molecular weight is 305 g/mol. The van der Waals surface area contributed by atoms with Crippen LogP contribution >= 0.6 is 12.4 Å². The molecule has 0 saturated carbocycles. The van der Waals surface area contributed by atoms with Crippen LogP contribution in [0.2, 0.25) is 0 Å². The molecule has 1 aliphatic heterocycles. The first-order valence-corrected chi connectivity index (χ1v) is 6.24. The van der Waals surface area contributed by atoms with E-state index in [9.17, 15) is 9.18 Å². The molecule has 1 heterocycles. The molecule has 1 aliphatic rings. The number of rotatable bonds is 5. The molecule has 0 bridgehead atoms. The summed E-state index contributed by atoms with van der Waals surface area (Å²) in [6.07, 6.45) is -0.442. The summed E-state index contributed by atoms with van der Waals surface area (Å²) >= 11 is 0. The Bertz CT molecular complexity index is 428. The molecule has 5 nitrogen and oxygen atoms in total. The van der Waals surface area contributed by atoms with Gasteiger partial charge in [-0.05, 0) is 12.1 Å². The Balaban J connectivity index is 0.00000200. The summed E-state index contributed by atoms with van der Waals surface area (Å²) in [4.78, 5) is 11.7. The lowest BCUT2D eigenvalue weighted by atomic mass is 10.3. The summed E-state index contributed by atoms with van der Waals surface area (Å²) < 4.78 is 23.5. The van der Waals surface area contributed by atoms with Crippen molar-refractivity contribution in [1.82, 2.24) is 10.6 Å². The third kappa shape index (κ3) is 5.32. The summed E-state index contributed by atoms with van der Waals surface area (Å²) in [6.45, 7) is 2.48. The van der Waals surface area contributed by atoms with E-state index in [4.69, 9.17) is 9.47 Å². The van der Waals surface area contributed by atoms with Crippen LogP contribution in [0.1, 0.15) is 0 Å². The van der Waals surface area contributed by atoms with Crippen LogP contribution in [-0.4, -0.2) is 44.9 Å². The molecule has 0 aliphatic carbocycles. The summed E-state index contributed by atoms with van der Waals surface area (Å²) in [5.74, 6) is -0.0527. The highest BCUT2D eigenvalue weighted by molar-refractivity contribution is 5.85. The lowest BCUT2D eigenvalue weighted by Crippen LogP contribution is -2.48. The second kappa shape index (κ2) is 8.73. The van der Waals surface area contributed by atoms with E-state index in [1.165, 1.54) is 12.1 Å². The molecular formula is C13H18ClFN2O3. The topological polar surface area (TPSA) is 59.6 Å². The minimum atomic E-state index is -0.442. The number of carbonyl (C=O) groups is 1. The van der Waals surface area contributed by atoms with Crippen LogP contribution in [0.25, 0.3) is 0 Å². The summed E-state index contributed by atoms with van der Waals surface area (Å²) in [5, 5.41) is 5.79. The Morgan fingerprint density at radius 3 is 3.10 bits per heavy atom. The zero-order chi connectivity index (χ0) is 13.5. The van der Waals surface area contributed by atoms with E-state index in [0.29, 0.717) is 25.4 Å². The van der Waals surface area contributed by atoms with Crippen LogP contribution in [0.3, 0.4) is 0 Å². The van der Waals surface area contributed by atoms with Gasteiger partial charge in [-0.1, -0.05) is 6.07 Å². The molecule has 0 aromatic heterocycles. The minimum Gasteiger partial charge on any atom is -0.492 e. The van der Waals surface area contributed by atoms with E-state index < -0.39 is 6.10 Å². The Labute approximate surface area is 123 Å². The van der Waals surface area contributed by atoms with Gasteiger partial charge in [-0.15, -0.1) is 12.4 Å². The van der Waals surface area contributed by atoms with Gasteiger partial charge in [0.2, 0.25) is 0 Å². The number of amides is 1. The van der Waals surface area contributed by atoms with Gasteiger partial charge in [0.1, 0.15) is 24.3 Å². The molecule has 1 unspecified atom stereocenters. The predicted molar refractivity (Wildman–Crippen MR) is 74.8 cm³/mol. The molecule has 2 rings (SSSR count). The number of ether oxygens (including phenoxy) is 2. The molecule has 1 aromatic carbocycles. The number of benzene rings is 1. The molecule has 0 spiro atoms. The van der Waals surface area contributed by atoms with Crippen LogP contribution < -0.4 is 15.4 Å². The van der Waals surface area contributed by atoms with Gasteiger partial charge in [-0.25, -0.2) is 4.39 Å². The highest BCUT2D eigenvalue weighted by Gasteiger charge is 2.20. The number of morpholine rings is 1. The maximum atomic E-state index is 12.9. The fourth-order valence-electron chi connectivity index (χ4n) is 1.75. The van der Waals surface area contributed by atoms with E-state index >= 15 is 0 Å². The molecule has 112 valence electrons. The standard InChI is InChI=1S/C13H17FN2O3.ClH/c14-10-2-1-3-11(8-10)18-7-5-16-13(17)12-9-15-4-6-19-12;/h1-3,8,12,15H,4-7,9H2,(H,16,17);1H. The largest absolute Gasteiger partial charge is 0.492 e. The molecule has 1 amide bonds. The molecule has 2 N–H and O–H groups in total. The quantitative estimate of drug-likeness (QED) is 0.788. The van der Waals surface area contributed by atoms with Crippen molar-refractivity contribution in [1.29, 1.82) is 0 Å². The Hall–Kier alpha value is -1.37. The first kappa shape index (κ1) is 16.7. The molecule has 20 heavy (non-hydrogen) atoms. The fraction of sp³-hybridized carbons (Fsp3) is 0.462. The van der Waals surface area contributed by atoms with E-state index in [-0.39, 0.29) is 30.7 Å². The van der Waals surface area contributed by atoms with Gasteiger partial charge in [0.15, 0.2) is 0 Å². The van der Waals surface area contributed by atoms with Crippen molar-refractivity contribution < 1.29 is 18.7 Å². The third-order valence-corrected chi connectivity index (χ3v) is 2.69. The number of carbonyl (C=O) groups excluding carboxylic acids is 1. The molecule has 1 atom stereocenters. The lowest BCUT2D eigenvalue weighted by molar-refractivity contribution is -0.134. The molecule has 7 heteroatoms. The highest BCUT2D eigenvalue weighted by Crippen LogP contribution is 2.11. The van der Waals surface area contributed by atoms with Crippen molar-refractivity contribution in [2.45, 2.75) is 6.10 Å². The Kier molecular flexibility index (Phi) is 7.28. The first-order chi connectivity index (χ1) is 9.25.